The lowest BCUT2D eigenvalue weighted by molar-refractivity contribution is -0.138. The molecule has 0 aliphatic heterocycles. The zero-order valence-electron chi connectivity index (χ0n) is 12.3. The van der Waals surface area contributed by atoms with Crippen molar-refractivity contribution in [3.63, 3.8) is 0 Å². The van der Waals surface area contributed by atoms with Crippen LogP contribution in [0, 0.1) is 0 Å². The van der Waals surface area contributed by atoms with Crippen LogP contribution in [0.1, 0.15) is 71.6 Å². The first kappa shape index (κ1) is 20.0. The Morgan fingerprint density at radius 1 is 1.05 bits per heavy atom. The van der Waals surface area contributed by atoms with Crippen molar-refractivity contribution in [2.45, 2.75) is 71.6 Å². The monoisotopic (exact) mass is 272 g/mol. The number of unbranched alkanes of at least 4 members (excludes halogenated alkanes) is 7. The molecule has 0 atom stereocenters. The molecule has 0 amide bonds. The summed E-state index contributed by atoms with van der Waals surface area (Å²) < 4.78 is 4.63. The number of hydrogen-bond acceptors (Lipinski definition) is 3. The summed E-state index contributed by atoms with van der Waals surface area (Å²) in [6, 6.07) is 0. The topological polar surface area (TPSA) is 63.6 Å². The van der Waals surface area contributed by atoms with E-state index in [0.717, 1.165) is 19.8 Å². The van der Waals surface area contributed by atoms with Crippen molar-refractivity contribution in [2.24, 2.45) is 0 Å². The summed E-state index contributed by atoms with van der Waals surface area (Å²) in [5.74, 6) is -0.990. The molecular weight excluding hydrogens is 244 g/mol. The molecule has 112 valence electrons. The molecule has 0 aromatic rings. The van der Waals surface area contributed by atoms with Crippen molar-refractivity contribution in [1.29, 1.82) is 0 Å². The first-order valence-electron chi connectivity index (χ1n) is 7.04. The van der Waals surface area contributed by atoms with Crippen molar-refractivity contribution >= 4 is 11.9 Å². The number of carbonyl (C=O) groups is 2. The minimum atomic E-state index is -0.833. The standard InChI is InChI=1S/C13H24O2.C2H4O2/c1-3-5-6-7-8-9-10-11-12-13(14)15-4-2;1-2(3)4/h4H,2-3,5-12H2,1H3;1H3,(H,3,4). The molecule has 0 saturated heterocycles. The van der Waals surface area contributed by atoms with Gasteiger partial charge in [0.05, 0.1) is 6.26 Å². The molecule has 0 rings (SSSR count). The molecule has 0 aliphatic rings. The van der Waals surface area contributed by atoms with Crippen LogP contribution in [0.3, 0.4) is 0 Å². The van der Waals surface area contributed by atoms with Crippen LogP contribution in [-0.2, 0) is 14.3 Å². The zero-order valence-corrected chi connectivity index (χ0v) is 12.3. The summed E-state index contributed by atoms with van der Waals surface area (Å²) >= 11 is 0. The Morgan fingerprint density at radius 3 is 1.89 bits per heavy atom. The Bertz CT molecular complexity index is 232. The van der Waals surface area contributed by atoms with Gasteiger partial charge in [0.25, 0.3) is 5.97 Å². The second-order valence-electron chi connectivity index (χ2n) is 4.40. The van der Waals surface area contributed by atoms with Gasteiger partial charge in [0.1, 0.15) is 0 Å². The van der Waals surface area contributed by atoms with E-state index in [1.807, 2.05) is 0 Å². The highest BCUT2D eigenvalue weighted by atomic mass is 16.5. The van der Waals surface area contributed by atoms with E-state index in [1.54, 1.807) is 0 Å². The Hall–Kier alpha value is -1.32. The van der Waals surface area contributed by atoms with Gasteiger partial charge >= 0.3 is 5.97 Å². The third kappa shape index (κ3) is 26.3. The fourth-order valence-electron chi connectivity index (χ4n) is 1.56. The van der Waals surface area contributed by atoms with Gasteiger partial charge in [-0.1, -0.05) is 58.4 Å². The third-order valence-electron chi connectivity index (χ3n) is 2.45. The van der Waals surface area contributed by atoms with Crippen LogP contribution in [0.15, 0.2) is 12.8 Å². The number of carbonyl (C=O) groups excluding carboxylic acids is 1. The summed E-state index contributed by atoms with van der Waals surface area (Å²) in [4.78, 5) is 19.9. The van der Waals surface area contributed by atoms with E-state index >= 15 is 0 Å². The van der Waals surface area contributed by atoms with Crippen molar-refractivity contribution < 1.29 is 19.4 Å². The van der Waals surface area contributed by atoms with Gasteiger partial charge in [0.15, 0.2) is 0 Å². The number of carboxylic acid groups (broad SMARTS) is 1. The lowest BCUT2D eigenvalue weighted by Gasteiger charge is -2.01. The van der Waals surface area contributed by atoms with Crippen molar-refractivity contribution in [3.05, 3.63) is 12.8 Å². The fraction of sp³-hybridized carbons (Fsp3) is 0.733. The molecule has 0 aromatic heterocycles. The van der Waals surface area contributed by atoms with E-state index in [0.29, 0.717) is 6.42 Å². The van der Waals surface area contributed by atoms with Crippen LogP contribution < -0.4 is 0 Å². The molecule has 0 aromatic carbocycles. The molecular formula is C15H28O4. The van der Waals surface area contributed by atoms with Crippen LogP contribution in [0.25, 0.3) is 0 Å². The second kappa shape index (κ2) is 16.7. The largest absolute Gasteiger partial charge is 0.481 e. The van der Waals surface area contributed by atoms with Crippen LogP contribution in [0.4, 0.5) is 0 Å². The molecule has 0 saturated carbocycles. The minimum Gasteiger partial charge on any atom is -0.481 e. The first-order chi connectivity index (χ1) is 9.04. The molecule has 0 spiro atoms. The Labute approximate surface area is 116 Å². The van der Waals surface area contributed by atoms with E-state index < -0.39 is 5.97 Å². The number of hydrogen-bond donors (Lipinski definition) is 1. The van der Waals surface area contributed by atoms with E-state index in [1.165, 1.54) is 44.8 Å². The third-order valence-corrected chi connectivity index (χ3v) is 2.45. The molecule has 0 heterocycles. The van der Waals surface area contributed by atoms with Gasteiger partial charge < -0.3 is 9.84 Å². The first-order valence-corrected chi connectivity index (χ1v) is 7.04. The average molecular weight is 272 g/mol. The van der Waals surface area contributed by atoms with Crippen molar-refractivity contribution in [1.82, 2.24) is 0 Å². The highest BCUT2D eigenvalue weighted by molar-refractivity contribution is 5.69. The van der Waals surface area contributed by atoms with Crippen molar-refractivity contribution in [2.75, 3.05) is 0 Å². The number of ether oxygens (including phenoxy) is 1. The summed E-state index contributed by atoms with van der Waals surface area (Å²) in [5, 5.41) is 7.42. The summed E-state index contributed by atoms with van der Waals surface area (Å²) in [7, 11) is 0. The minimum absolute atomic E-state index is 0.156. The Balaban J connectivity index is 0. The van der Waals surface area contributed by atoms with Gasteiger partial charge in [-0.25, -0.2) is 0 Å². The average Bonchev–Trinajstić information content (AvgIpc) is 2.32. The predicted molar refractivity (Wildman–Crippen MR) is 76.8 cm³/mol. The van der Waals surface area contributed by atoms with Crippen LogP contribution >= 0.6 is 0 Å². The van der Waals surface area contributed by atoms with E-state index in [9.17, 15) is 4.79 Å². The number of carboxylic acids is 1. The number of aliphatic carboxylic acids is 1. The van der Waals surface area contributed by atoms with E-state index in [-0.39, 0.29) is 5.97 Å². The Kier molecular flexibility index (Phi) is 17.6. The maximum absolute atomic E-state index is 10.9. The summed E-state index contributed by atoms with van der Waals surface area (Å²) in [6.07, 6.45) is 11.7. The number of rotatable bonds is 10. The van der Waals surface area contributed by atoms with Gasteiger partial charge in [-0.3, -0.25) is 9.59 Å². The highest BCUT2D eigenvalue weighted by Crippen LogP contribution is 2.09. The molecule has 0 fully saturated rings. The van der Waals surface area contributed by atoms with Crippen LogP contribution in [0.5, 0.6) is 0 Å². The maximum atomic E-state index is 10.9. The maximum Gasteiger partial charge on any atom is 0.310 e. The van der Waals surface area contributed by atoms with Crippen LogP contribution in [-0.4, -0.2) is 17.0 Å². The fourth-order valence-corrected chi connectivity index (χ4v) is 1.56. The summed E-state index contributed by atoms with van der Waals surface area (Å²) in [6.45, 7) is 6.65. The predicted octanol–water partition coefficient (Wildman–Crippen LogP) is 4.29. The normalized spacial score (nSPS) is 9.16. The second-order valence-corrected chi connectivity index (χ2v) is 4.40. The molecule has 19 heavy (non-hydrogen) atoms. The van der Waals surface area contributed by atoms with E-state index in [4.69, 9.17) is 9.90 Å². The number of esters is 1. The summed E-state index contributed by atoms with van der Waals surface area (Å²) in [5.41, 5.74) is 0. The molecule has 1 N–H and O–H groups in total. The molecule has 0 radical (unpaired) electrons. The van der Waals surface area contributed by atoms with Gasteiger partial charge in [-0.15, -0.1) is 0 Å². The SMILES string of the molecule is C=COC(=O)CCCCCCCCCC.CC(=O)O. The lowest BCUT2D eigenvalue weighted by Crippen LogP contribution is -1.98. The smallest absolute Gasteiger partial charge is 0.310 e. The Morgan fingerprint density at radius 2 is 1.47 bits per heavy atom. The zero-order chi connectivity index (χ0) is 14.9. The molecule has 0 bridgehead atoms. The van der Waals surface area contributed by atoms with Crippen molar-refractivity contribution in [3.8, 4) is 0 Å². The molecule has 0 aliphatic carbocycles. The van der Waals surface area contributed by atoms with Gasteiger partial charge in [0.2, 0.25) is 0 Å². The van der Waals surface area contributed by atoms with Crippen LogP contribution in [0.2, 0.25) is 0 Å². The molecule has 4 heteroatoms. The van der Waals surface area contributed by atoms with E-state index in [2.05, 4.69) is 18.2 Å². The van der Waals surface area contributed by atoms with Gasteiger partial charge in [-0.05, 0) is 6.42 Å². The quantitative estimate of drug-likeness (QED) is 0.366. The lowest BCUT2D eigenvalue weighted by atomic mass is 10.1. The molecule has 0 unspecified atom stereocenters. The van der Waals surface area contributed by atoms with Gasteiger partial charge in [-0.2, -0.15) is 0 Å². The van der Waals surface area contributed by atoms with Gasteiger partial charge in [0, 0.05) is 13.3 Å². The molecule has 4 nitrogen and oxygen atoms in total. The highest BCUT2D eigenvalue weighted by Gasteiger charge is 1.99.